The van der Waals surface area contributed by atoms with Gasteiger partial charge in [0.25, 0.3) is 0 Å². The van der Waals surface area contributed by atoms with Crippen molar-refractivity contribution in [3.63, 3.8) is 0 Å². The summed E-state index contributed by atoms with van der Waals surface area (Å²) in [6.07, 6.45) is -2.11. The molecule has 296 valence electrons. The Labute approximate surface area is 332 Å². The summed E-state index contributed by atoms with van der Waals surface area (Å²) in [6, 6.07) is 40.9. The molecule has 0 aromatic heterocycles. The monoisotopic (exact) mass is 772 g/mol. The fourth-order valence-electron chi connectivity index (χ4n) is 6.53. The zero-order valence-corrected chi connectivity index (χ0v) is 31.9. The molecule has 0 aliphatic heterocycles. The first-order valence-corrected chi connectivity index (χ1v) is 18.7. The smallest absolute Gasteiger partial charge is 0.203 e. The number of aliphatic hydroxyl groups excluding tert-OH is 4. The summed E-state index contributed by atoms with van der Waals surface area (Å²) in [5.41, 5.74) is 4.77. The highest BCUT2D eigenvalue weighted by atomic mass is 16.5. The van der Waals surface area contributed by atoms with Gasteiger partial charge in [0.1, 0.15) is 55.9 Å². The van der Waals surface area contributed by atoms with Crippen LogP contribution in [-0.2, 0) is 18.6 Å². The largest absolute Gasteiger partial charge is 0.504 e. The molecule has 0 saturated carbocycles. The van der Waals surface area contributed by atoms with Crippen molar-refractivity contribution >= 4 is 0 Å². The van der Waals surface area contributed by atoms with Crippen LogP contribution in [0.4, 0.5) is 0 Å². The lowest BCUT2D eigenvalue weighted by molar-refractivity contribution is 0.0609. The normalized spacial score (nSPS) is 12.5. The molecule has 0 fully saturated rings. The highest BCUT2D eigenvalue weighted by Gasteiger charge is 2.29. The number of hydrogen-bond donors (Lipinski definition) is 6. The van der Waals surface area contributed by atoms with E-state index in [4.69, 9.17) is 18.9 Å². The molecule has 0 aliphatic carbocycles. The van der Waals surface area contributed by atoms with Gasteiger partial charge in [0, 0.05) is 27.7 Å². The summed E-state index contributed by atoms with van der Waals surface area (Å²) in [4.78, 5) is 0. The van der Waals surface area contributed by atoms with E-state index in [9.17, 15) is 30.6 Å². The van der Waals surface area contributed by atoms with Crippen LogP contribution in [0.25, 0.3) is 22.3 Å². The van der Waals surface area contributed by atoms with Crippen LogP contribution in [0.15, 0.2) is 133 Å². The van der Waals surface area contributed by atoms with Gasteiger partial charge >= 0.3 is 0 Å². The van der Waals surface area contributed by atoms with Crippen molar-refractivity contribution in [2.75, 3.05) is 26.4 Å². The zero-order chi connectivity index (χ0) is 40.4. The standard InChI is InChI=1S/C47H48O10/c1-47(2,36-23-41(52)46(42(53)24-36)57-30-38(51)28-55-44-20-12-10-18-40(44)32-15-7-4-8-16-32)35-21-33(25-48)45(34(22-35)26-49)56-29-37(50)27-54-43-19-11-9-17-39(43)31-13-5-3-6-14-31/h3-24,37-38,48-53H,25-30H2,1-2H3. The maximum absolute atomic E-state index is 11.0. The molecule has 10 heteroatoms. The third kappa shape index (κ3) is 9.86. The van der Waals surface area contributed by atoms with Crippen molar-refractivity contribution in [2.45, 2.75) is 44.7 Å². The molecule has 6 N–H and O–H groups in total. The van der Waals surface area contributed by atoms with Gasteiger partial charge in [0.2, 0.25) is 5.75 Å². The Hall–Kier alpha value is -6.04. The van der Waals surface area contributed by atoms with E-state index in [0.717, 1.165) is 22.3 Å². The van der Waals surface area contributed by atoms with E-state index >= 15 is 0 Å². The number of phenolic OH excluding ortho intramolecular Hbond substituents is 2. The predicted octanol–water partition coefficient (Wildman–Crippen LogP) is 7.38. The van der Waals surface area contributed by atoms with Gasteiger partial charge in [-0.2, -0.15) is 0 Å². The highest BCUT2D eigenvalue weighted by molar-refractivity contribution is 5.71. The Balaban J connectivity index is 1.09. The zero-order valence-electron chi connectivity index (χ0n) is 31.9. The van der Waals surface area contributed by atoms with Gasteiger partial charge in [0.15, 0.2) is 11.5 Å². The van der Waals surface area contributed by atoms with Crippen LogP contribution >= 0.6 is 0 Å². The minimum atomic E-state index is -1.08. The Morgan fingerprint density at radius 2 is 0.842 bits per heavy atom. The number of para-hydroxylation sites is 2. The van der Waals surface area contributed by atoms with Gasteiger partial charge in [0.05, 0.1) is 13.2 Å². The summed E-state index contributed by atoms with van der Waals surface area (Å²) < 4.78 is 23.5. The minimum absolute atomic E-state index is 0.0550. The molecule has 0 amide bonds. The highest BCUT2D eigenvalue weighted by Crippen LogP contribution is 2.44. The fraction of sp³-hybridized carbons (Fsp3) is 0.234. The maximum atomic E-state index is 11.0. The Morgan fingerprint density at radius 1 is 0.474 bits per heavy atom. The average Bonchev–Trinajstić information content (AvgIpc) is 3.24. The molecule has 6 aromatic rings. The van der Waals surface area contributed by atoms with E-state index in [2.05, 4.69) is 0 Å². The summed E-state index contributed by atoms with van der Waals surface area (Å²) in [6.45, 7) is 2.31. The summed E-state index contributed by atoms with van der Waals surface area (Å²) >= 11 is 0. The third-order valence-corrected chi connectivity index (χ3v) is 9.72. The SMILES string of the molecule is CC(C)(c1cc(O)c(OCC(O)COc2ccccc2-c2ccccc2)c(O)c1)c1cc(CO)c(OCC(O)COc2ccccc2-c2ccccc2)c(CO)c1. The van der Waals surface area contributed by atoms with E-state index in [-0.39, 0.29) is 49.4 Å². The van der Waals surface area contributed by atoms with Crippen molar-refractivity contribution in [1.82, 2.24) is 0 Å². The van der Waals surface area contributed by atoms with Gasteiger partial charge in [-0.1, -0.05) is 111 Å². The molecule has 0 saturated heterocycles. The molecule has 10 nitrogen and oxygen atoms in total. The molecule has 2 unspecified atom stereocenters. The molecule has 0 bridgehead atoms. The molecule has 2 atom stereocenters. The third-order valence-electron chi connectivity index (χ3n) is 9.72. The van der Waals surface area contributed by atoms with Crippen molar-refractivity contribution in [2.24, 2.45) is 0 Å². The molecule has 6 rings (SSSR count). The quantitative estimate of drug-likeness (QED) is 0.0521. The van der Waals surface area contributed by atoms with E-state index in [1.54, 1.807) is 12.1 Å². The van der Waals surface area contributed by atoms with Gasteiger partial charge in [-0.3, -0.25) is 0 Å². The average molecular weight is 773 g/mol. The molecule has 57 heavy (non-hydrogen) atoms. The number of aromatic hydroxyl groups is 2. The van der Waals surface area contributed by atoms with Crippen LogP contribution < -0.4 is 18.9 Å². The van der Waals surface area contributed by atoms with E-state index in [1.165, 1.54) is 12.1 Å². The summed E-state index contributed by atoms with van der Waals surface area (Å²) in [5, 5.41) is 64.2. The topological polar surface area (TPSA) is 158 Å². The van der Waals surface area contributed by atoms with Crippen molar-refractivity contribution in [3.05, 3.63) is 156 Å². The van der Waals surface area contributed by atoms with Crippen LogP contribution in [0.3, 0.4) is 0 Å². The molecule has 0 spiro atoms. The van der Waals surface area contributed by atoms with Gasteiger partial charge in [-0.05, 0) is 58.7 Å². The first-order chi connectivity index (χ1) is 27.6. The Kier molecular flexibility index (Phi) is 13.3. The number of rotatable bonds is 18. The summed E-state index contributed by atoms with van der Waals surface area (Å²) in [7, 11) is 0. The van der Waals surface area contributed by atoms with Crippen LogP contribution in [0.1, 0.15) is 36.1 Å². The van der Waals surface area contributed by atoms with Gasteiger partial charge < -0.3 is 49.6 Å². The molecule has 0 heterocycles. The fourth-order valence-corrected chi connectivity index (χ4v) is 6.53. The van der Waals surface area contributed by atoms with Crippen LogP contribution in [-0.4, -0.2) is 69.3 Å². The summed E-state index contributed by atoms with van der Waals surface area (Å²) in [5.74, 6) is 0.573. The number of hydrogen-bond acceptors (Lipinski definition) is 10. The molecule has 6 aromatic carbocycles. The van der Waals surface area contributed by atoms with Crippen LogP contribution in [0, 0.1) is 0 Å². The molecule has 0 aliphatic rings. The Morgan fingerprint density at radius 3 is 1.28 bits per heavy atom. The second kappa shape index (κ2) is 18.7. The van der Waals surface area contributed by atoms with Gasteiger partial charge in [-0.15, -0.1) is 0 Å². The lowest BCUT2D eigenvalue weighted by atomic mass is 9.76. The number of aliphatic hydroxyl groups is 4. The molecule has 0 radical (unpaired) electrons. The lowest BCUT2D eigenvalue weighted by Crippen LogP contribution is -2.26. The first kappa shape index (κ1) is 40.6. The van der Waals surface area contributed by atoms with Crippen molar-refractivity contribution in [3.8, 4) is 56.8 Å². The minimum Gasteiger partial charge on any atom is -0.504 e. The number of ether oxygens (including phenoxy) is 4. The molecular weight excluding hydrogens is 725 g/mol. The van der Waals surface area contributed by atoms with Crippen molar-refractivity contribution in [1.29, 1.82) is 0 Å². The number of phenols is 2. The van der Waals surface area contributed by atoms with Crippen LogP contribution in [0.5, 0.6) is 34.5 Å². The molecular formula is C47H48O10. The van der Waals surface area contributed by atoms with Crippen molar-refractivity contribution < 1.29 is 49.6 Å². The lowest BCUT2D eigenvalue weighted by Gasteiger charge is -2.29. The van der Waals surface area contributed by atoms with Crippen LogP contribution in [0.2, 0.25) is 0 Å². The Bertz CT molecular complexity index is 2170. The van der Waals surface area contributed by atoms with E-state index in [0.29, 0.717) is 33.8 Å². The first-order valence-electron chi connectivity index (χ1n) is 18.7. The van der Waals surface area contributed by atoms with Gasteiger partial charge in [-0.25, -0.2) is 0 Å². The maximum Gasteiger partial charge on any atom is 0.203 e. The van der Waals surface area contributed by atoms with E-state index in [1.807, 2.05) is 123 Å². The second-order valence-electron chi connectivity index (χ2n) is 14.2. The predicted molar refractivity (Wildman–Crippen MR) is 218 cm³/mol. The van der Waals surface area contributed by atoms with E-state index < -0.39 is 30.8 Å². The second-order valence-corrected chi connectivity index (χ2v) is 14.2. The number of benzene rings is 6.